The summed E-state index contributed by atoms with van der Waals surface area (Å²) < 4.78 is 0. The number of thiophene rings is 1. The van der Waals surface area contributed by atoms with Gasteiger partial charge in [-0.3, -0.25) is 4.79 Å². The van der Waals surface area contributed by atoms with Crippen molar-refractivity contribution in [2.75, 3.05) is 5.32 Å². The van der Waals surface area contributed by atoms with Gasteiger partial charge in [0.2, 0.25) is 0 Å². The highest BCUT2D eigenvalue weighted by Gasteiger charge is 2.26. The molecule has 1 amide bonds. The molecule has 3 nitrogen and oxygen atoms in total. The Morgan fingerprint density at radius 1 is 0.833 bits per heavy atom. The zero-order chi connectivity index (χ0) is 20.8. The standard InChI is InChI=1S/C26H24N2OS/c1-19(27-25(24-17-10-18-30-24)21-13-6-3-7-14-21)26(29)28-23-16-9-8-15-22(23)20-11-4-2-5-12-20/h2-19,25,27H,1H3,(H,28,29)/p+1/t19-,25-/m1/s1. The predicted octanol–water partition coefficient (Wildman–Crippen LogP) is 5.10. The van der Waals surface area contributed by atoms with Crippen LogP contribution in [0.25, 0.3) is 11.1 Å². The maximum absolute atomic E-state index is 13.1. The van der Waals surface area contributed by atoms with E-state index in [1.54, 1.807) is 11.3 Å². The molecule has 0 fully saturated rings. The molecule has 0 aliphatic rings. The number of rotatable bonds is 7. The molecule has 1 aromatic heterocycles. The average molecular weight is 414 g/mol. The number of carbonyl (C=O) groups excluding carboxylic acids is 1. The second-order valence-electron chi connectivity index (χ2n) is 7.29. The van der Waals surface area contributed by atoms with Crippen LogP contribution in [0.3, 0.4) is 0 Å². The highest BCUT2D eigenvalue weighted by molar-refractivity contribution is 7.10. The Morgan fingerprint density at radius 2 is 1.50 bits per heavy atom. The fourth-order valence-corrected chi connectivity index (χ4v) is 4.42. The second kappa shape index (κ2) is 9.53. The number of hydrogen-bond donors (Lipinski definition) is 2. The quantitative estimate of drug-likeness (QED) is 0.435. The number of benzene rings is 3. The molecule has 1 heterocycles. The van der Waals surface area contributed by atoms with Crippen molar-refractivity contribution in [2.24, 2.45) is 0 Å². The van der Waals surface area contributed by atoms with E-state index in [9.17, 15) is 4.79 Å². The summed E-state index contributed by atoms with van der Waals surface area (Å²) in [5.74, 6) is -0.00383. The normalized spacial score (nSPS) is 12.8. The SMILES string of the molecule is C[C@@H]([NH2+][C@H](c1ccccc1)c1cccs1)C(=O)Nc1ccccc1-c1ccccc1. The van der Waals surface area contributed by atoms with Crippen LogP contribution in [0.4, 0.5) is 5.69 Å². The Labute approximate surface area is 181 Å². The second-order valence-corrected chi connectivity index (χ2v) is 8.27. The van der Waals surface area contributed by atoms with Gasteiger partial charge in [0.15, 0.2) is 6.04 Å². The van der Waals surface area contributed by atoms with E-state index in [1.165, 1.54) is 10.4 Å². The van der Waals surface area contributed by atoms with Gasteiger partial charge in [-0.2, -0.15) is 0 Å². The topological polar surface area (TPSA) is 45.7 Å². The molecule has 4 heteroatoms. The number of carbonyl (C=O) groups is 1. The number of nitrogens with one attached hydrogen (secondary N) is 1. The maximum atomic E-state index is 13.1. The molecular formula is C26H25N2OS+. The summed E-state index contributed by atoms with van der Waals surface area (Å²) in [6.07, 6.45) is 0. The van der Waals surface area contributed by atoms with E-state index >= 15 is 0 Å². The smallest absolute Gasteiger partial charge is 0.282 e. The lowest BCUT2D eigenvalue weighted by molar-refractivity contribution is -0.703. The first-order chi connectivity index (χ1) is 14.7. The maximum Gasteiger partial charge on any atom is 0.282 e. The Balaban J connectivity index is 1.53. The van der Waals surface area contributed by atoms with Gasteiger partial charge in [0.1, 0.15) is 6.04 Å². The van der Waals surface area contributed by atoms with E-state index < -0.39 is 0 Å². The van der Waals surface area contributed by atoms with E-state index in [-0.39, 0.29) is 18.0 Å². The zero-order valence-electron chi connectivity index (χ0n) is 16.9. The minimum Gasteiger partial charge on any atom is -0.326 e. The van der Waals surface area contributed by atoms with Gasteiger partial charge in [0, 0.05) is 16.8 Å². The van der Waals surface area contributed by atoms with E-state index in [0.717, 1.165) is 16.8 Å². The third-order valence-corrected chi connectivity index (χ3v) is 6.13. The van der Waals surface area contributed by atoms with Crippen LogP contribution in [0.1, 0.15) is 23.4 Å². The Morgan fingerprint density at radius 3 is 2.20 bits per heavy atom. The van der Waals surface area contributed by atoms with Gasteiger partial charge in [0.25, 0.3) is 5.91 Å². The Bertz CT molecular complexity index is 1080. The number of para-hydroxylation sites is 1. The third kappa shape index (κ3) is 4.67. The molecule has 0 radical (unpaired) electrons. The van der Waals surface area contributed by atoms with Gasteiger partial charge >= 0.3 is 0 Å². The number of quaternary nitrogens is 1. The molecule has 0 aliphatic carbocycles. The van der Waals surface area contributed by atoms with Crippen LogP contribution in [0.15, 0.2) is 102 Å². The monoisotopic (exact) mass is 413 g/mol. The van der Waals surface area contributed by atoms with E-state index in [4.69, 9.17) is 0 Å². The summed E-state index contributed by atoms with van der Waals surface area (Å²) in [7, 11) is 0. The zero-order valence-corrected chi connectivity index (χ0v) is 17.7. The van der Waals surface area contributed by atoms with Crippen molar-refractivity contribution in [3.8, 4) is 11.1 Å². The van der Waals surface area contributed by atoms with E-state index in [1.807, 2.05) is 67.6 Å². The van der Waals surface area contributed by atoms with Crippen LogP contribution in [0, 0.1) is 0 Å². The van der Waals surface area contributed by atoms with Crippen LogP contribution in [0.2, 0.25) is 0 Å². The molecule has 4 aromatic rings. The number of hydrogen-bond acceptors (Lipinski definition) is 2. The molecule has 0 bridgehead atoms. The minimum absolute atomic E-state index is 0.00383. The van der Waals surface area contributed by atoms with Crippen molar-refractivity contribution in [3.63, 3.8) is 0 Å². The number of nitrogens with two attached hydrogens (primary N) is 1. The third-order valence-electron chi connectivity index (χ3n) is 5.17. The van der Waals surface area contributed by atoms with Gasteiger partial charge < -0.3 is 10.6 Å². The van der Waals surface area contributed by atoms with Gasteiger partial charge in [-0.05, 0) is 30.0 Å². The predicted molar refractivity (Wildman–Crippen MR) is 124 cm³/mol. The summed E-state index contributed by atoms with van der Waals surface area (Å²) in [4.78, 5) is 14.3. The molecule has 0 aliphatic heterocycles. The van der Waals surface area contributed by atoms with Gasteiger partial charge in [-0.15, -0.1) is 11.3 Å². The van der Waals surface area contributed by atoms with Crippen LogP contribution in [-0.4, -0.2) is 11.9 Å². The van der Waals surface area contributed by atoms with Gasteiger partial charge in [-0.1, -0.05) is 84.9 Å². The molecule has 0 saturated heterocycles. The number of amides is 1. The lowest BCUT2D eigenvalue weighted by Crippen LogP contribution is -2.92. The Kier molecular flexibility index (Phi) is 6.38. The molecule has 0 spiro atoms. The first kappa shape index (κ1) is 20.1. The first-order valence-corrected chi connectivity index (χ1v) is 11.0. The van der Waals surface area contributed by atoms with E-state index in [0.29, 0.717) is 0 Å². The molecular weight excluding hydrogens is 388 g/mol. The van der Waals surface area contributed by atoms with Crippen molar-refractivity contribution < 1.29 is 10.1 Å². The molecule has 3 N–H and O–H groups in total. The van der Waals surface area contributed by atoms with Crippen molar-refractivity contribution in [1.29, 1.82) is 0 Å². The summed E-state index contributed by atoms with van der Waals surface area (Å²) in [5.41, 5.74) is 4.15. The lowest BCUT2D eigenvalue weighted by Gasteiger charge is -2.20. The van der Waals surface area contributed by atoms with Crippen LogP contribution in [-0.2, 0) is 4.79 Å². The minimum atomic E-state index is -0.249. The molecule has 3 aromatic carbocycles. The summed E-state index contributed by atoms with van der Waals surface area (Å²) in [5, 5.41) is 7.37. The average Bonchev–Trinajstić information content (AvgIpc) is 3.33. The van der Waals surface area contributed by atoms with Crippen molar-refractivity contribution in [3.05, 3.63) is 113 Å². The molecule has 30 heavy (non-hydrogen) atoms. The van der Waals surface area contributed by atoms with Crippen LogP contribution in [0.5, 0.6) is 0 Å². The van der Waals surface area contributed by atoms with Gasteiger partial charge in [-0.25, -0.2) is 0 Å². The first-order valence-electron chi connectivity index (χ1n) is 10.1. The Hall–Kier alpha value is -3.21. The lowest BCUT2D eigenvalue weighted by atomic mass is 10.0. The van der Waals surface area contributed by atoms with Crippen LogP contribution < -0.4 is 10.6 Å². The fourth-order valence-electron chi connectivity index (χ4n) is 3.58. The summed E-state index contributed by atoms with van der Waals surface area (Å²) >= 11 is 1.72. The summed E-state index contributed by atoms with van der Waals surface area (Å²) in [6.45, 7) is 1.96. The molecule has 4 rings (SSSR count). The van der Waals surface area contributed by atoms with E-state index in [2.05, 4.69) is 52.4 Å². The molecule has 0 saturated carbocycles. The fraction of sp³-hybridized carbons (Fsp3) is 0.115. The van der Waals surface area contributed by atoms with Gasteiger partial charge in [0.05, 0.1) is 4.88 Å². The summed E-state index contributed by atoms with van der Waals surface area (Å²) in [6, 6.07) is 32.5. The largest absolute Gasteiger partial charge is 0.326 e. The highest BCUT2D eigenvalue weighted by Crippen LogP contribution is 2.27. The van der Waals surface area contributed by atoms with Crippen molar-refractivity contribution >= 4 is 22.9 Å². The van der Waals surface area contributed by atoms with Crippen molar-refractivity contribution in [1.82, 2.24) is 0 Å². The van der Waals surface area contributed by atoms with Crippen molar-refractivity contribution in [2.45, 2.75) is 19.0 Å². The number of anilines is 1. The highest BCUT2D eigenvalue weighted by atomic mass is 32.1. The van der Waals surface area contributed by atoms with Crippen LogP contribution >= 0.6 is 11.3 Å². The molecule has 2 atom stereocenters. The molecule has 150 valence electrons. The molecule has 0 unspecified atom stereocenters.